The molecule has 0 unspecified atom stereocenters. The molecule has 1 fully saturated rings. The van der Waals surface area contributed by atoms with Crippen LogP contribution >= 0.6 is 11.6 Å². The van der Waals surface area contributed by atoms with E-state index < -0.39 is 0 Å². The van der Waals surface area contributed by atoms with Crippen LogP contribution in [0.15, 0.2) is 28.9 Å². The van der Waals surface area contributed by atoms with Gasteiger partial charge in [0.15, 0.2) is 0 Å². The summed E-state index contributed by atoms with van der Waals surface area (Å²) in [6.07, 6.45) is 2.31. The number of rotatable bonds is 6. The van der Waals surface area contributed by atoms with Crippen LogP contribution in [0, 0.1) is 12.8 Å². The highest BCUT2D eigenvalue weighted by molar-refractivity contribution is 6.30. The quantitative estimate of drug-likeness (QED) is 0.846. The van der Waals surface area contributed by atoms with Crippen LogP contribution in [-0.2, 0) is 16.0 Å². The summed E-state index contributed by atoms with van der Waals surface area (Å²) in [5.74, 6) is 1.49. The second kappa shape index (κ2) is 7.95. The summed E-state index contributed by atoms with van der Waals surface area (Å²) in [5.41, 5.74) is 0.869. The third-order valence-electron chi connectivity index (χ3n) is 4.26. The van der Waals surface area contributed by atoms with E-state index in [1.807, 2.05) is 13.0 Å². The summed E-state index contributed by atoms with van der Waals surface area (Å²) >= 11 is 5.79. The topological polar surface area (TPSA) is 80.5 Å². The molecule has 3 rings (SSSR count). The zero-order valence-corrected chi connectivity index (χ0v) is 15.0. The third kappa shape index (κ3) is 4.78. The lowest BCUT2D eigenvalue weighted by atomic mass is 10.0. The molecule has 3 heterocycles. The number of hydrogen-bond donors (Lipinski definition) is 1. The number of nitrogens with one attached hydrogen (secondary N) is 1. The standard InChI is InChI=1S/C17H21ClN4O3/c1-11-5-14(25-21-11)6-12-8-22(9-15(12)24-2)10-17(23)20-16-4-3-13(18)7-19-16/h3-5,7,12,15H,6,8-10H2,1-2H3,(H,19,20,23)/t12-,15+/m1/s1. The predicted molar refractivity (Wildman–Crippen MR) is 93.5 cm³/mol. The molecule has 1 saturated heterocycles. The first-order chi connectivity index (χ1) is 12.0. The first-order valence-electron chi connectivity index (χ1n) is 8.12. The fourth-order valence-electron chi connectivity index (χ4n) is 3.13. The van der Waals surface area contributed by atoms with Crippen molar-refractivity contribution >= 4 is 23.3 Å². The van der Waals surface area contributed by atoms with E-state index in [2.05, 4.69) is 20.4 Å². The number of aromatic nitrogens is 2. The normalized spacial score (nSPS) is 20.8. The van der Waals surface area contributed by atoms with Crippen LogP contribution in [0.3, 0.4) is 0 Å². The maximum Gasteiger partial charge on any atom is 0.239 e. The van der Waals surface area contributed by atoms with E-state index >= 15 is 0 Å². The molecule has 2 aromatic heterocycles. The fraction of sp³-hybridized carbons (Fsp3) is 0.471. The van der Waals surface area contributed by atoms with Crippen molar-refractivity contribution in [1.82, 2.24) is 15.0 Å². The van der Waals surface area contributed by atoms with Gasteiger partial charge in [-0.1, -0.05) is 16.8 Å². The summed E-state index contributed by atoms with van der Waals surface area (Å²) in [5, 5.41) is 7.23. The van der Waals surface area contributed by atoms with Crippen LogP contribution in [0.5, 0.6) is 0 Å². The number of amides is 1. The van der Waals surface area contributed by atoms with Gasteiger partial charge in [-0.25, -0.2) is 4.98 Å². The molecule has 2 aromatic rings. The molecule has 7 nitrogen and oxygen atoms in total. The minimum atomic E-state index is -0.110. The minimum absolute atomic E-state index is 0.0619. The molecule has 1 N–H and O–H groups in total. The first kappa shape index (κ1) is 17.8. The molecule has 0 saturated carbocycles. The lowest BCUT2D eigenvalue weighted by molar-refractivity contribution is -0.117. The summed E-state index contributed by atoms with van der Waals surface area (Å²) < 4.78 is 10.9. The molecular formula is C17H21ClN4O3. The highest BCUT2D eigenvalue weighted by atomic mass is 35.5. The number of halogens is 1. The highest BCUT2D eigenvalue weighted by Crippen LogP contribution is 2.24. The molecule has 0 aliphatic carbocycles. The van der Waals surface area contributed by atoms with Crippen molar-refractivity contribution < 1.29 is 14.1 Å². The Hall–Kier alpha value is -1.96. The van der Waals surface area contributed by atoms with Gasteiger partial charge in [-0.3, -0.25) is 9.69 Å². The Kier molecular flexibility index (Phi) is 5.67. The van der Waals surface area contributed by atoms with Gasteiger partial charge in [0.25, 0.3) is 0 Å². The molecule has 8 heteroatoms. The van der Waals surface area contributed by atoms with E-state index in [-0.39, 0.29) is 24.5 Å². The van der Waals surface area contributed by atoms with Crippen molar-refractivity contribution in [1.29, 1.82) is 0 Å². The number of nitrogens with zero attached hydrogens (tertiary/aromatic N) is 3. The van der Waals surface area contributed by atoms with Crippen molar-refractivity contribution in [2.45, 2.75) is 19.4 Å². The lowest BCUT2D eigenvalue weighted by Gasteiger charge is -2.14. The molecule has 134 valence electrons. The molecule has 1 aliphatic rings. The Morgan fingerprint density at radius 2 is 2.32 bits per heavy atom. The second-order valence-electron chi connectivity index (χ2n) is 6.28. The lowest BCUT2D eigenvalue weighted by Crippen LogP contribution is -2.32. The number of ether oxygens (including phenoxy) is 1. The number of anilines is 1. The van der Waals surface area contributed by atoms with Gasteiger partial charge < -0.3 is 14.6 Å². The van der Waals surface area contributed by atoms with Gasteiger partial charge in [-0.15, -0.1) is 0 Å². The average molecular weight is 365 g/mol. The summed E-state index contributed by atoms with van der Waals surface area (Å²) in [6, 6.07) is 5.31. The Labute approximate surface area is 151 Å². The van der Waals surface area contributed by atoms with Gasteiger partial charge >= 0.3 is 0 Å². The minimum Gasteiger partial charge on any atom is -0.380 e. The monoisotopic (exact) mass is 364 g/mol. The van der Waals surface area contributed by atoms with Gasteiger partial charge in [0.2, 0.25) is 5.91 Å². The van der Waals surface area contributed by atoms with Crippen molar-refractivity contribution in [3.8, 4) is 0 Å². The van der Waals surface area contributed by atoms with Crippen molar-refractivity contribution in [2.24, 2.45) is 5.92 Å². The van der Waals surface area contributed by atoms with E-state index in [1.165, 1.54) is 6.20 Å². The highest BCUT2D eigenvalue weighted by Gasteiger charge is 2.34. The molecule has 0 radical (unpaired) electrons. The SMILES string of the molecule is CO[C@H]1CN(CC(=O)Nc2ccc(Cl)cn2)C[C@H]1Cc1cc(C)no1. The molecule has 0 bridgehead atoms. The number of methoxy groups -OCH3 is 1. The number of carbonyl (C=O) groups excluding carboxylic acids is 1. The number of pyridine rings is 1. The van der Waals surface area contributed by atoms with E-state index in [0.717, 1.165) is 24.4 Å². The number of carbonyl (C=O) groups is 1. The fourth-order valence-corrected chi connectivity index (χ4v) is 3.24. The Morgan fingerprint density at radius 1 is 1.48 bits per heavy atom. The summed E-state index contributed by atoms with van der Waals surface area (Å²) in [4.78, 5) is 18.4. The van der Waals surface area contributed by atoms with Crippen molar-refractivity contribution in [3.05, 3.63) is 40.9 Å². The Balaban J connectivity index is 1.54. The Bertz CT molecular complexity index is 719. The summed E-state index contributed by atoms with van der Waals surface area (Å²) in [7, 11) is 1.70. The zero-order valence-electron chi connectivity index (χ0n) is 14.2. The average Bonchev–Trinajstić information content (AvgIpc) is 3.15. The first-order valence-corrected chi connectivity index (χ1v) is 8.50. The van der Waals surface area contributed by atoms with Gasteiger partial charge in [-0.05, 0) is 19.1 Å². The van der Waals surface area contributed by atoms with E-state index in [1.54, 1.807) is 19.2 Å². The number of hydrogen-bond acceptors (Lipinski definition) is 6. The number of likely N-dealkylation sites (tertiary alicyclic amines) is 1. The molecule has 1 amide bonds. The molecule has 0 aromatic carbocycles. The van der Waals surface area contributed by atoms with Crippen LogP contribution in [-0.4, -0.2) is 53.8 Å². The number of aryl methyl sites for hydroxylation is 1. The molecule has 1 aliphatic heterocycles. The van der Waals surface area contributed by atoms with Crippen molar-refractivity contribution in [3.63, 3.8) is 0 Å². The van der Waals surface area contributed by atoms with Crippen LogP contribution in [0.25, 0.3) is 0 Å². The van der Waals surface area contributed by atoms with Crippen LogP contribution in [0.2, 0.25) is 5.02 Å². The second-order valence-corrected chi connectivity index (χ2v) is 6.71. The Morgan fingerprint density at radius 3 is 2.96 bits per heavy atom. The smallest absolute Gasteiger partial charge is 0.239 e. The van der Waals surface area contributed by atoms with Crippen molar-refractivity contribution in [2.75, 3.05) is 32.1 Å². The van der Waals surface area contributed by atoms with Crippen LogP contribution in [0.4, 0.5) is 5.82 Å². The molecule has 2 atom stereocenters. The van der Waals surface area contributed by atoms with Gasteiger partial charge in [0, 0.05) is 44.8 Å². The summed E-state index contributed by atoms with van der Waals surface area (Å²) in [6.45, 7) is 3.66. The molecule has 25 heavy (non-hydrogen) atoms. The van der Waals surface area contributed by atoms with Crippen LogP contribution < -0.4 is 5.32 Å². The van der Waals surface area contributed by atoms with E-state index in [9.17, 15) is 4.79 Å². The van der Waals surface area contributed by atoms with Gasteiger partial charge in [-0.2, -0.15) is 0 Å². The molecule has 0 spiro atoms. The maximum absolute atomic E-state index is 12.2. The zero-order chi connectivity index (χ0) is 17.8. The molecular weight excluding hydrogens is 344 g/mol. The van der Waals surface area contributed by atoms with Gasteiger partial charge in [0.1, 0.15) is 11.6 Å². The van der Waals surface area contributed by atoms with E-state index in [4.69, 9.17) is 20.9 Å². The predicted octanol–water partition coefficient (Wildman–Crippen LogP) is 2.16. The maximum atomic E-state index is 12.2. The third-order valence-corrected chi connectivity index (χ3v) is 4.49. The van der Waals surface area contributed by atoms with Crippen LogP contribution in [0.1, 0.15) is 11.5 Å². The van der Waals surface area contributed by atoms with Gasteiger partial charge in [0.05, 0.1) is 23.4 Å². The largest absolute Gasteiger partial charge is 0.380 e. The van der Waals surface area contributed by atoms with E-state index in [0.29, 0.717) is 17.4 Å².